The molecule has 5 atom stereocenters. The van der Waals surface area contributed by atoms with Crippen molar-refractivity contribution in [2.45, 2.75) is 30.5 Å². The van der Waals surface area contributed by atoms with Gasteiger partial charge in [-0.3, -0.25) is 0 Å². The van der Waals surface area contributed by atoms with Crippen LogP contribution in [0.3, 0.4) is 0 Å². The molecule has 5 rings (SSSR count). The molecular formula is C22H17Cl2F3N6O4. The number of ether oxygens (including phenoxy) is 1. The molecule has 0 saturated carbocycles. The van der Waals surface area contributed by atoms with E-state index < -0.39 is 54.5 Å². The number of aliphatic hydroxyl groups is 3. The van der Waals surface area contributed by atoms with E-state index in [2.05, 4.69) is 20.4 Å². The molecule has 1 saturated heterocycles. The molecule has 0 unspecified atom stereocenters. The first-order valence-corrected chi connectivity index (χ1v) is 11.5. The lowest BCUT2D eigenvalue weighted by atomic mass is 9.92. The summed E-state index contributed by atoms with van der Waals surface area (Å²) in [5, 5.41) is 44.5. The van der Waals surface area contributed by atoms with E-state index in [1.807, 2.05) is 0 Å². The highest BCUT2D eigenvalue weighted by atomic mass is 35.5. The first-order chi connectivity index (χ1) is 17.7. The van der Waals surface area contributed by atoms with Gasteiger partial charge in [0.2, 0.25) is 0 Å². The van der Waals surface area contributed by atoms with Crippen molar-refractivity contribution in [1.82, 2.24) is 29.8 Å². The van der Waals surface area contributed by atoms with Crippen LogP contribution in [0, 0.1) is 17.5 Å². The summed E-state index contributed by atoms with van der Waals surface area (Å²) in [6, 6.07) is 4.86. The van der Waals surface area contributed by atoms with Gasteiger partial charge in [-0.05, 0) is 30.3 Å². The molecule has 0 amide bonds. The molecule has 194 valence electrons. The average Bonchev–Trinajstić information content (AvgIpc) is 3.54. The van der Waals surface area contributed by atoms with Gasteiger partial charge in [0.25, 0.3) is 0 Å². The van der Waals surface area contributed by atoms with Gasteiger partial charge >= 0.3 is 0 Å². The molecule has 10 nitrogen and oxygen atoms in total. The molecule has 37 heavy (non-hydrogen) atoms. The number of hydrogen-bond acceptors (Lipinski definition) is 8. The van der Waals surface area contributed by atoms with Crippen molar-refractivity contribution in [2.24, 2.45) is 0 Å². The first-order valence-electron chi connectivity index (χ1n) is 10.7. The molecule has 0 aliphatic carbocycles. The molecule has 1 aliphatic heterocycles. The fraction of sp³-hybridized carbons (Fsp3) is 0.273. The molecular weight excluding hydrogens is 540 g/mol. The fourth-order valence-corrected chi connectivity index (χ4v) is 4.53. The molecule has 0 radical (unpaired) electrons. The lowest BCUT2D eigenvalue weighted by molar-refractivity contribution is -0.210. The summed E-state index contributed by atoms with van der Waals surface area (Å²) in [7, 11) is 0. The monoisotopic (exact) mass is 556 g/mol. The zero-order valence-corrected chi connectivity index (χ0v) is 20.0. The fourth-order valence-electron chi connectivity index (χ4n) is 4.16. The van der Waals surface area contributed by atoms with Gasteiger partial charge < -0.3 is 20.1 Å². The third-order valence-electron chi connectivity index (χ3n) is 5.95. The minimum atomic E-state index is -1.64. The van der Waals surface area contributed by atoms with Crippen LogP contribution in [0.15, 0.2) is 42.9 Å². The van der Waals surface area contributed by atoms with Crippen LogP contribution < -0.4 is 0 Å². The Morgan fingerprint density at radius 1 is 1.03 bits per heavy atom. The third-order valence-corrected chi connectivity index (χ3v) is 6.51. The minimum absolute atomic E-state index is 0.0605. The van der Waals surface area contributed by atoms with E-state index in [-0.39, 0.29) is 22.1 Å². The van der Waals surface area contributed by atoms with E-state index in [9.17, 15) is 28.5 Å². The molecule has 2 aromatic carbocycles. The van der Waals surface area contributed by atoms with Crippen LogP contribution in [-0.4, -0.2) is 70.0 Å². The molecule has 1 aliphatic rings. The maximum absolute atomic E-state index is 13.7. The third kappa shape index (κ3) is 4.58. The van der Waals surface area contributed by atoms with Crippen LogP contribution in [-0.2, 0) is 4.74 Å². The Labute approximate surface area is 216 Å². The summed E-state index contributed by atoms with van der Waals surface area (Å²) in [6.45, 7) is -0.636. The largest absolute Gasteiger partial charge is 0.394 e. The summed E-state index contributed by atoms with van der Waals surface area (Å²) >= 11 is 12.4. The van der Waals surface area contributed by atoms with E-state index >= 15 is 0 Å². The molecule has 0 spiro atoms. The lowest BCUT2D eigenvalue weighted by Gasteiger charge is -2.41. The molecule has 0 bridgehead atoms. The number of rotatable bonds is 5. The zero-order valence-electron chi connectivity index (χ0n) is 18.5. The van der Waals surface area contributed by atoms with E-state index in [1.165, 1.54) is 23.3 Å². The smallest absolute Gasteiger partial charge is 0.194 e. The Hall–Kier alpha value is -3.07. The molecule has 3 N–H and O–H groups in total. The summed E-state index contributed by atoms with van der Waals surface area (Å²) in [5.41, 5.74) is 0.156. The standard InChI is InChI=1S/C22H17Cl2F3N6O4/c23-10-1-2-11(24)15(5-10)33-22(28-8-29-33)21-20(36)18(19(35)16(7-34)37-21)32-6-14(30-31-32)9-3-12(25)17(27)13(26)4-9/h1-6,8,16,18-21,34-36H,7H2/t16-,18+,19+,20-,21-/m1/s1. The number of aromatic nitrogens is 6. The number of aliphatic hydroxyl groups excluding tert-OH is 3. The topological polar surface area (TPSA) is 131 Å². The Balaban J connectivity index is 1.53. The van der Waals surface area contributed by atoms with E-state index in [4.69, 9.17) is 27.9 Å². The zero-order chi connectivity index (χ0) is 26.4. The van der Waals surface area contributed by atoms with E-state index in [0.717, 1.165) is 16.8 Å². The van der Waals surface area contributed by atoms with Gasteiger partial charge in [0.1, 0.15) is 42.5 Å². The lowest BCUT2D eigenvalue weighted by Crippen LogP contribution is -2.53. The van der Waals surface area contributed by atoms with Crippen molar-refractivity contribution in [3.63, 3.8) is 0 Å². The Morgan fingerprint density at radius 2 is 1.76 bits per heavy atom. The van der Waals surface area contributed by atoms with Crippen molar-refractivity contribution in [3.05, 3.63) is 76.2 Å². The molecule has 2 aromatic heterocycles. The average molecular weight is 557 g/mol. The van der Waals surface area contributed by atoms with Crippen LogP contribution in [0.1, 0.15) is 18.0 Å². The van der Waals surface area contributed by atoms with Crippen molar-refractivity contribution < 1.29 is 33.2 Å². The van der Waals surface area contributed by atoms with Crippen molar-refractivity contribution >= 4 is 23.2 Å². The summed E-state index contributed by atoms with van der Waals surface area (Å²) in [4.78, 5) is 4.18. The highest BCUT2D eigenvalue weighted by Gasteiger charge is 2.48. The molecule has 1 fully saturated rings. The van der Waals surface area contributed by atoms with Crippen LogP contribution in [0.25, 0.3) is 16.9 Å². The highest BCUT2D eigenvalue weighted by Crippen LogP contribution is 2.39. The van der Waals surface area contributed by atoms with Gasteiger partial charge in [-0.25, -0.2) is 27.5 Å². The van der Waals surface area contributed by atoms with Crippen LogP contribution in [0.2, 0.25) is 10.0 Å². The Morgan fingerprint density at radius 3 is 2.46 bits per heavy atom. The highest BCUT2D eigenvalue weighted by molar-refractivity contribution is 6.34. The van der Waals surface area contributed by atoms with Gasteiger partial charge in [0, 0.05) is 10.6 Å². The van der Waals surface area contributed by atoms with Crippen LogP contribution >= 0.6 is 23.2 Å². The van der Waals surface area contributed by atoms with E-state index in [1.54, 1.807) is 12.1 Å². The predicted octanol–water partition coefficient (Wildman–Crippen LogP) is 2.65. The minimum Gasteiger partial charge on any atom is -0.394 e. The maximum Gasteiger partial charge on any atom is 0.194 e. The first kappa shape index (κ1) is 25.6. The number of halogens is 5. The molecule has 4 aromatic rings. The van der Waals surface area contributed by atoms with Crippen molar-refractivity contribution in [1.29, 1.82) is 0 Å². The maximum atomic E-state index is 13.7. The van der Waals surface area contributed by atoms with Crippen LogP contribution in [0.5, 0.6) is 0 Å². The SMILES string of the molecule is OC[C@H]1O[C@@H](c2ncnn2-c2cc(Cl)ccc2Cl)[C@H](O)[C@@H](n2cc(-c3cc(F)c(F)c(F)c3)nn2)[C@H]1O. The van der Waals surface area contributed by atoms with E-state index in [0.29, 0.717) is 10.7 Å². The number of hydrogen-bond donors (Lipinski definition) is 3. The normalized spacial score (nSPS) is 23.9. The quantitative estimate of drug-likeness (QED) is 0.320. The molecule has 15 heteroatoms. The number of nitrogens with zero attached hydrogens (tertiary/aromatic N) is 6. The summed E-state index contributed by atoms with van der Waals surface area (Å²) in [5.74, 6) is -4.40. The van der Waals surface area contributed by atoms with Gasteiger partial charge in [0.05, 0.1) is 23.5 Å². The second-order valence-electron chi connectivity index (χ2n) is 8.21. The van der Waals surface area contributed by atoms with Crippen molar-refractivity contribution in [3.8, 4) is 16.9 Å². The summed E-state index contributed by atoms with van der Waals surface area (Å²) < 4.78 is 48.9. The predicted molar refractivity (Wildman–Crippen MR) is 122 cm³/mol. The van der Waals surface area contributed by atoms with Gasteiger partial charge in [0.15, 0.2) is 23.3 Å². The molecule has 3 heterocycles. The van der Waals surface area contributed by atoms with Gasteiger partial charge in [-0.2, -0.15) is 5.10 Å². The summed E-state index contributed by atoms with van der Waals surface area (Å²) in [6.07, 6.45) is -3.07. The Bertz CT molecular complexity index is 1430. The van der Waals surface area contributed by atoms with Gasteiger partial charge in [-0.15, -0.1) is 5.10 Å². The van der Waals surface area contributed by atoms with Crippen LogP contribution in [0.4, 0.5) is 13.2 Å². The number of benzene rings is 2. The van der Waals surface area contributed by atoms with Gasteiger partial charge in [-0.1, -0.05) is 28.4 Å². The Kier molecular flexibility index (Phi) is 6.91. The van der Waals surface area contributed by atoms with Crippen molar-refractivity contribution in [2.75, 3.05) is 6.61 Å². The second kappa shape index (κ2) is 10.0. The second-order valence-corrected chi connectivity index (χ2v) is 9.06.